The van der Waals surface area contributed by atoms with Crippen molar-refractivity contribution in [3.63, 3.8) is 0 Å². The Labute approximate surface area is 103 Å². The van der Waals surface area contributed by atoms with E-state index >= 15 is 0 Å². The fourth-order valence-electron chi connectivity index (χ4n) is 1.73. The Bertz CT molecular complexity index is 483. The van der Waals surface area contributed by atoms with Crippen LogP contribution in [0, 0.1) is 0 Å². The van der Waals surface area contributed by atoms with E-state index in [2.05, 4.69) is 5.32 Å². The number of hydrogen-bond donors (Lipinski definition) is 1. The van der Waals surface area contributed by atoms with Crippen molar-refractivity contribution < 1.29 is 23.0 Å². The molecule has 18 heavy (non-hydrogen) atoms. The van der Waals surface area contributed by atoms with Crippen LogP contribution in [0.3, 0.4) is 0 Å². The summed E-state index contributed by atoms with van der Waals surface area (Å²) in [4.78, 5) is 11.8. The van der Waals surface area contributed by atoms with E-state index < -0.39 is 5.92 Å². The van der Waals surface area contributed by atoms with Gasteiger partial charge in [-0.1, -0.05) is 0 Å². The van der Waals surface area contributed by atoms with E-state index in [1.54, 1.807) is 7.05 Å². The Balaban J connectivity index is 2.50. The minimum absolute atomic E-state index is 0.0501. The predicted molar refractivity (Wildman–Crippen MR) is 60.4 cm³/mol. The summed E-state index contributed by atoms with van der Waals surface area (Å²) in [5.74, 6) is -2.92. The summed E-state index contributed by atoms with van der Waals surface area (Å²) >= 11 is 0. The zero-order chi connectivity index (χ0) is 13.3. The summed E-state index contributed by atoms with van der Waals surface area (Å²) in [6.45, 7) is 0.763. The molecule has 0 saturated carbocycles. The van der Waals surface area contributed by atoms with Crippen LogP contribution >= 0.6 is 0 Å². The molecule has 1 heterocycles. The van der Waals surface area contributed by atoms with Crippen molar-refractivity contribution in [3.05, 3.63) is 23.3 Å². The van der Waals surface area contributed by atoms with Gasteiger partial charge in [0.25, 0.3) is 5.92 Å². The molecule has 0 unspecified atom stereocenters. The van der Waals surface area contributed by atoms with Gasteiger partial charge in [0.15, 0.2) is 17.3 Å². The highest BCUT2D eigenvalue weighted by Crippen LogP contribution is 2.41. The van der Waals surface area contributed by atoms with Crippen LogP contribution in [-0.2, 0) is 5.92 Å². The van der Waals surface area contributed by atoms with Crippen molar-refractivity contribution >= 4 is 5.78 Å². The first kappa shape index (κ1) is 12.8. The molecule has 0 saturated heterocycles. The first-order valence-electron chi connectivity index (χ1n) is 5.43. The lowest BCUT2D eigenvalue weighted by Crippen LogP contribution is -2.19. The average molecular weight is 257 g/mol. The third-order valence-corrected chi connectivity index (χ3v) is 2.62. The number of likely N-dealkylation sites (N-methyl/N-ethyl adjacent to an activating group) is 1. The molecular formula is C12H13F2NO3. The van der Waals surface area contributed by atoms with Crippen molar-refractivity contribution in [1.82, 2.24) is 5.32 Å². The second-order valence-corrected chi connectivity index (χ2v) is 4.10. The number of alkyl halides is 2. The summed E-state index contributed by atoms with van der Waals surface area (Å²) in [7, 11) is 1.60. The molecule has 1 aromatic rings. The van der Waals surface area contributed by atoms with E-state index in [0.717, 1.165) is 13.0 Å². The molecule has 0 radical (unpaired) electrons. The number of nitrogens with one attached hydrogen (secondary N) is 1. The lowest BCUT2D eigenvalue weighted by atomic mass is 10.0. The van der Waals surface area contributed by atoms with Crippen LogP contribution < -0.4 is 14.8 Å². The second kappa shape index (κ2) is 4.53. The monoisotopic (exact) mass is 257 g/mol. The van der Waals surface area contributed by atoms with E-state index in [9.17, 15) is 13.6 Å². The smallest absolute Gasteiger partial charge is 0.270 e. The molecule has 0 aliphatic carbocycles. The van der Waals surface area contributed by atoms with Crippen LogP contribution in [0.2, 0.25) is 0 Å². The summed E-state index contributed by atoms with van der Waals surface area (Å²) in [6, 6.07) is 2.37. The fourth-order valence-corrected chi connectivity index (χ4v) is 1.73. The molecule has 98 valence electrons. The number of fused-ring (bicyclic) bond motifs is 1. The van der Waals surface area contributed by atoms with E-state index in [1.807, 2.05) is 0 Å². The Hall–Kier alpha value is -1.69. The van der Waals surface area contributed by atoms with Gasteiger partial charge in [-0.05, 0) is 19.2 Å². The van der Waals surface area contributed by atoms with Gasteiger partial charge in [0.05, 0.1) is 12.1 Å². The van der Waals surface area contributed by atoms with Gasteiger partial charge >= 0.3 is 0 Å². The molecule has 1 aliphatic heterocycles. The molecule has 0 aromatic heterocycles. The number of hydrogen-bond acceptors (Lipinski definition) is 4. The normalized spacial score (nSPS) is 13.8. The van der Waals surface area contributed by atoms with Gasteiger partial charge in [-0.15, -0.1) is 0 Å². The molecule has 0 fully saturated rings. The number of ether oxygens (including phenoxy) is 2. The summed E-state index contributed by atoms with van der Waals surface area (Å²) < 4.78 is 36.9. The lowest BCUT2D eigenvalue weighted by Gasteiger charge is -2.13. The number of ketones is 1. The van der Waals surface area contributed by atoms with Crippen molar-refractivity contribution in [2.45, 2.75) is 12.8 Å². The molecule has 0 bridgehead atoms. The van der Waals surface area contributed by atoms with Crippen molar-refractivity contribution in [2.75, 3.05) is 20.4 Å². The van der Waals surface area contributed by atoms with Crippen LogP contribution in [0.4, 0.5) is 8.78 Å². The standard InChI is InChI=1S/C12H13F2NO3/c1-12(13,14)7-3-8(9(16)5-15-2)11-10(4-7)17-6-18-11/h3-4,15H,5-6H2,1-2H3. The molecule has 2 rings (SSSR count). The fraction of sp³-hybridized carbons (Fsp3) is 0.417. The Morgan fingerprint density at radius 2 is 2.17 bits per heavy atom. The van der Waals surface area contributed by atoms with Crippen LogP contribution in [0.1, 0.15) is 22.8 Å². The van der Waals surface area contributed by atoms with E-state index in [1.165, 1.54) is 6.07 Å². The van der Waals surface area contributed by atoms with Gasteiger partial charge in [0.1, 0.15) is 0 Å². The maximum atomic E-state index is 13.3. The van der Waals surface area contributed by atoms with Crippen LogP contribution in [0.15, 0.2) is 12.1 Å². The number of carbonyl (C=O) groups is 1. The quantitative estimate of drug-likeness (QED) is 0.837. The first-order valence-corrected chi connectivity index (χ1v) is 5.43. The third-order valence-electron chi connectivity index (χ3n) is 2.62. The van der Waals surface area contributed by atoms with Gasteiger partial charge in [-0.3, -0.25) is 4.79 Å². The van der Waals surface area contributed by atoms with Crippen LogP contribution in [0.5, 0.6) is 11.5 Å². The summed E-state index contributed by atoms with van der Waals surface area (Å²) in [6.07, 6.45) is 0. The second-order valence-electron chi connectivity index (χ2n) is 4.10. The first-order chi connectivity index (χ1) is 8.43. The molecule has 1 aliphatic rings. The average Bonchev–Trinajstić information content (AvgIpc) is 2.74. The number of carbonyl (C=O) groups excluding carboxylic acids is 1. The lowest BCUT2D eigenvalue weighted by molar-refractivity contribution is 0.0172. The van der Waals surface area contributed by atoms with Gasteiger partial charge in [0, 0.05) is 12.5 Å². The largest absolute Gasteiger partial charge is 0.454 e. The van der Waals surface area contributed by atoms with Gasteiger partial charge in [-0.25, -0.2) is 8.78 Å². The SMILES string of the molecule is CNCC(=O)c1cc(C(C)(F)F)cc2c1OCO2. The topological polar surface area (TPSA) is 47.6 Å². The number of rotatable bonds is 4. The number of Topliss-reactive ketones (excluding diaryl/α,β-unsaturated/α-hetero) is 1. The molecule has 1 N–H and O–H groups in total. The van der Waals surface area contributed by atoms with Crippen molar-refractivity contribution in [1.29, 1.82) is 0 Å². The zero-order valence-corrected chi connectivity index (χ0v) is 10.0. The van der Waals surface area contributed by atoms with E-state index in [-0.39, 0.29) is 41.7 Å². The molecule has 0 amide bonds. The van der Waals surface area contributed by atoms with Crippen molar-refractivity contribution in [3.8, 4) is 11.5 Å². The Kier molecular flexibility index (Phi) is 3.21. The highest BCUT2D eigenvalue weighted by Gasteiger charge is 2.31. The minimum atomic E-state index is -3.03. The maximum Gasteiger partial charge on any atom is 0.270 e. The van der Waals surface area contributed by atoms with Crippen LogP contribution in [0.25, 0.3) is 0 Å². The minimum Gasteiger partial charge on any atom is -0.454 e. The van der Waals surface area contributed by atoms with E-state index in [0.29, 0.717) is 0 Å². The molecular weight excluding hydrogens is 244 g/mol. The summed E-state index contributed by atoms with van der Waals surface area (Å²) in [5.41, 5.74) is -0.137. The van der Waals surface area contributed by atoms with Crippen molar-refractivity contribution in [2.24, 2.45) is 0 Å². The third kappa shape index (κ3) is 2.28. The molecule has 4 nitrogen and oxygen atoms in total. The highest BCUT2D eigenvalue weighted by atomic mass is 19.3. The van der Waals surface area contributed by atoms with E-state index in [4.69, 9.17) is 9.47 Å². The Morgan fingerprint density at radius 3 is 2.78 bits per heavy atom. The van der Waals surface area contributed by atoms with Gasteiger partial charge in [-0.2, -0.15) is 0 Å². The molecule has 1 aromatic carbocycles. The zero-order valence-electron chi connectivity index (χ0n) is 10.0. The Morgan fingerprint density at radius 1 is 1.44 bits per heavy atom. The predicted octanol–water partition coefficient (Wildman–Crippen LogP) is 1.93. The molecule has 6 heteroatoms. The molecule has 0 spiro atoms. The van der Waals surface area contributed by atoms with Gasteiger partial charge < -0.3 is 14.8 Å². The van der Waals surface area contributed by atoms with Gasteiger partial charge in [0.2, 0.25) is 6.79 Å². The highest BCUT2D eigenvalue weighted by molar-refractivity contribution is 6.01. The summed E-state index contributed by atoms with van der Waals surface area (Å²) in [5, 5.41) is 2.68. The number of benzene rings is 1. The number of halogens is 2. The maximum absolute atomic E-state index is 13.3. The van der Waals surface area contributed by atoms with Crippen LogP contribution in [-0.4, -0.2) is 26.2 Å². The molecule has 0 atom stereocenters.